The largest absolute Gasteiger partial charge is 0.289 e. The van der Waals surface area contributed by atoms with Gasteiger partial charge in [0.1, 0.15) is 0 Å². The van der Waals surface area contributed by atoms with Crippen LogP contribution in [-0.2, 0) is 6.42 Å². The second-order valence-corrected chi connectivity index (χ2v) is 5.29. The first-order valence-corrected chi connectivity index (χ1v) is 7.57. The van der Waals surface area contributed by atoms with Gasteiger partial charge in [0.15, 0.2) is 5.78 Å². The van der Waals surface area contributed by atoms with Crippen molar-refractivity contribution in [1.29, 1.82) is 0 Å². The number of benzene rings is 3. The van der Waals surface area contributed by atoms with Gasteiger partial charge >= 0.3 is 0 Å². The molecule has 0 aliphatic carbocycles. The zero-order chi connectivity index (χ0) is 15.4. The zero-order valence-electron chi connectivity index (χ0n) is 12.6. The predicted octanol–water partition coefficient (Wildman–Crippen LogP) is 5.15. The lowest BCUT2D eigenvalue weighted by atomic mass is 9.93. The van der Waals surface area contributed by atoms with Crippen molar-refractivity contribution in [3.8, 4) is 11.1 Å². The summed E-state index contributed by atoms with van der Waals surface area (Å²) in [6, 6.07) is 25.7. The highest BCUT2D eigenvalue weighted by Crippen LogP contribution is 2.25. The minimum absolute atomic E-state index is 0.0714. The first-order chi connectivity index (χ1) is 10.8. The van der Waals surface area contributed by atoms with Gasteiger partial charge < -0.3 is 0 Å². The fraction of sp³-hybridized carbons (Fsp3) is 0.0952. The van der Waals surface area contributed by atoms with Crippen LogP contribution >= 0.6 is 0 Å². The topological polar surface area (TPSA) is 17.1 Å². The Morgan fingerprint density at radius 2 is 1.41 bits per heavy atom. The van der Waals surface area contributed by atoms with Crippen LogP contribution in [0.1, 0.15) is 28.4 Å². The van der Waals surface area contributed by atoms with E-state index in [2.05, 4.69) is 6.92 Å². The SMILES string of the molecule is CCc1ccc(C(=O)c2ccccc2-c2ccccc2)cc1. The number of ketones is 1. The van der Waals surface area contributed by atoms with E-state index in [1.54, 1.807) is 0 Å². The molecular formula is C21H18O. The molecule has 0 aromatic heterocycles. The summed E-state index contributed by atoms with van der Waals surface area (Å²) in [7, 11) is 0. The Balaban J connectivity index is 2.02. The molecule has 0 aliphatic rings. The maximum absolute atomic E-state index is 12.8. The average Bonchev–Trinajstić information content (AvgIpc) is 2.62. The molecule has 3 rings (SSSR count). The van der Waals surface area contributed by atoms with Crippen LogP contribution in [0, 0.1) is 0 Å². The first kappa shape index (κ1) is 14.3. The molecule has 0 saturated heterocycles. The minimum Gasteiger partial charge on any atom is -0.289 e. The average molecular weight is 286 g/mol. The summed E-state index contributed by atoms with van der Waals surface area (Å²) in [6.45, 7) is 2.11. The van der Waals surface area contributed by atoms with E-state index in [0.29, 0.717) is 0 Å². The quantitative estimate of drug-likeness (QED) is 0.606. The Morgan fingerprint density at radius 1 is 0.773 bits per heavy atom. The van der Waals surface area contributed by atoms with Gasteiger partial charge in [0.2, 0.25) is 0 Å². The predicted molar refractivity (Wildman–Crippen MR) is 91.1 cm³/mol. The number of carbonyl (C=O) groups is 1. The molecule has 1 heteroatoms. The number of hydrogen-bond acceptors (Lipinski definition) is 1. The molecule has 3 aromatic carbocycles. The van der Waals surface area contributed by atoms with Gasteiger partial charge in [-0.25, -0.2) is 0 Å². The molecule has 0 aliphatic heterocycles. The first-order valence-electron chi connectivity index (χ1n) is 7.57. The fourth-order valence-electron chi connectivity index (χ4n) is 2.60. The molecule has 1 nitrogen and oxygen atoms in total. The molecule has 0 saturated carbocycles. The molecule has 0 atom stereocenters. The molecule has 108 valence electrons. The number of carbonyl (C=O) groups excluding carboxylic acids is 1. The van der Waals surface area contributed by atoms with Crippen LogP contribution in [0.15, 0.2) is 78.9 Å². The molecule has 3 aromatic rings. The van der Waals surface area contributed by atoms with E-state index < -0.39 is 0 Å². The van der Waals surface area contributed by atoms with E-state index >= 15 is 0 Å². The van der Waals surface area contributed by atoms with Gasteiger partial charge in [-0.3, -0.25) is 4.79 Å². The van der Waals surface area contributed by atoms with E-state index in [1.807, 2.05) is 78.9 Å². The molecule has 0 unspecified atom stereocenters. The second-order valence-electron chi connectivity index (χ2n) is 5.29. The summed E-state index contributed by atoms with van der Waals surface area (Å²) in [5, 5.41) is 0. The summed E-state index contributed by atoms with van der Waals surface area (Å²) in [5.74, 6) is 0.0714. The monoisotopic (exact) mass is 286 g/mol. The van der Waals surface area contributed by atoms with Gasteiger partial charge in [-0.15, -0.1) is 0 Å². The summed E-state index contributed by atoms with van der Waals surface area (Å²) >= 11 is 0. The lowest BCUT2D eigenvalue weighted by Gasteiger charge is -2.09. The highest BCUT2D eigenvalue weighted by Gasteiger charge is 2.14. The third-order valence-electron chi connectivity index (χ3n) is 3.88. The van der Waals surface area contributed by atoms with Gasteiger partial charge in [-0.2, -0.15) is 0 Å². The Kier molecular flexibility index (Phi) is 4.15. The van der Waals surface area contributed by atoms with Crippen molar-refractivity contribution >= 4 is 5.78 Å². The van der Waals surface area contributed by atoms with Crippen LogP contribution in [-0.4, -0.2) is 5.78 Å². The lowest BCUT2D eigenvalue weighted by Crippen LogP contribution is -2.03. The van der Waals surface area contributed by atoms with Gasteiger partial charge in [0.05, 0.1) is 0 Å². The van der Waals surface area contributed by atoms with Gasteiger partial charge in [0.25, 0.3) is 0 Å². The molecule has 0 N–H and O–H groups in total. The Morgan fingerprint density at radius 3 is 2.09 bits per heavy atom. The van der Waals surface area contributed by atoms with Crippen molar-refractivity contribution in [3.05, 3.63) is 95.6 Å². The van der Waals surface area contributed by atoms with E-state index in [9.17, 15) is 4.79 Å². The number of aryl methyl sites for hydroxylation is 1. The summed E-state index contributed by atoms with van der Waals surface area (Å²) in [4.78, 5) is 12.8. The van der Waals surface area contributed by atoms with Crippen LogP contribution in [0.3, 0.4) is 0 Å². The zero-order valence-corrected chi connectivity index (χ0v) is 12.6. The molecule has 0 fully saturated rings. The third-order valence-corrected chi connectivity index (χ3v) is 3.88. The van der Waals surface area contributed by atoms with Crippen LogP contribution in [0.4, 0.5) is 0 Å². The minimum atomic E-state index is 0.0714. The molecule has 22 heavy (non-hydrogen) atoms. The van der Waals surface area contributed by atoms with Crippen LogP contribution in [0.2, 0.25) is 0 Å². The standard InChI is InChI=1S/C21H18O/c1-2-16-12-14-18(15-13-16)21(22)20-11-7-6-10-19(20)17-8-4-3-5-9-17/h3-15H,2H2,1H3. The van der Waals surface area contributed by atoms with Crippen molar-refractivity contribution < 1.29 is 4.79 Å². The van der Waals surface area contributed by atoms with Gasteiger partial charge in [-0.05, 0) is 23.1 Å². The van der Waals surface area contributed by atoms with E-state index in [-0.39, 0.29) is 5.78 Å². The summed E-state index contributed by atoms with van der Waals surface area (Å²) < 4.78 is 0. The summed E-state index contributed by atoms with van der Waals surface area (Å²) in [5.41, 5.74) is 4.77. The van der Waals surface area contributed by atoms with Crippen molar-refractivity contribution in [3.63, 3.8) is 0 Å². The van der Waals surface area contributed by atoms with Crippen molar-refractivity contribution in [1.82, 2.24) is 0 Å². The van der Waals surface area contributed by atoms with E-state index in [1.165, 1.54) is 5.56 Å². The molecular weight excluding hydrogens is 268 g/mol. The second kappa shape index (κ2) is 6.40. The normalized spacial score (nSPS) is 10.4. The molecule has 0 heterocycles. The molecule has 0 spiro atoms. The van der Waals surface area contributed by atoms with Crippen molar-refractivity contribution in [2.45, 2.75) is 13.3 Å². The highest BCUT2D eigenvalue weighted by atomic mass is 16.1. The lowest BCUT2D eigenvalue weighted by molar-refractivity contribution is 0.103. The fourth-order valence-corrected chi connectivity index (χ4v) is 2.60. The summed E-state index contributed by atoms with van der Waals surface area (Å²) in [6.07, 6.45) is 0.981. The maximum Gasteiger partial charge on any atom is 0.193 e. The third kappa shape index (κ3) is 2.84. The Hall–Kier alpha value is -2.67. The molecule has 0 bridgehead atoms. The van der Waals surface area contributed by atoms with Gasteiger partial charge in [-0.1, -0.05) is 85.8 Å². The van der Waals surface area contributed by atoms with Crippen LogP contribution in [0.5, 0.6) is 0 Å². The molecule has 0 amide bonds. The Bertz CT molecular complexity index is 771. The number of hydrogen-bond donors (Lipinski definition) is 0. The van der Waals surface area contributed by atoms with Crippen LogP contribution in [0.25, 0.3) is 11.1 Å². The van der Waals surface area contributed by atoms with Crippen molar-refractivity contribution in [2.75, 3.05) is 0 Å². The molecule has 0 radical (unpaired) electrons. The van der Waals surface area contributed by atoms with Gasteiger partial charge in [0, 0.05) is 11.1 Å². The van der Waals surface area contributed by atoms with E-state index in [0.717, 1.165) is 28.7 Å². The van der Waals surface area contributed by atoms with Crippen LogP contribution < -0.4 is 0 Å². The highest BCUT2D eigenvalue weighted by molar-refractivity contribution is 6.12. The maximum atomic E-state index is 12.8. The smallest absolute Gasteiger partial charge is 0.193 e. The van der Waals surface area contributed by atoms with E-state index in [4.69, 9.17) is 0 Å². The number of rotatable bonds is 4. The van der Waals surface area contributed by atoms with Crippen molar-refractivity contribution in [2.24, 2.45) is 0 Å². The Labute approximate surface area is 131 Å².